The average Bonchev–Trinajstić information content (AvgIpc) is 2.95. The monoisotopic (exact) mass is 259 g/mol. The van der Waals surface area contributed by atoms with Crippen molar-refractivity contribution in [2.24, 2.45) is 0 Å². The second-order valence-electron chi connectivity index (χ2n) is 4.18. The molecule has 3 heterocycles. The standard InChI is InChI=1S/C12H13N5S/c1-9-3-5-13-11-10(9)15-12(18)17(11)8-7-16-6-2-4-14-16/h2-6H,7-8H2,1H3,(H,15,18). The van der Waals surface area contributed by atoms with Crippen LogP contribution in [-0.2, 0) is 13.1 Å². The molecule has 6 heteroatoms. The number of hydrogen-bond acceptors (Lipinski definition) is 3. The van der Waals surface area contributed by atoms with Gasteiger partial charge in [0.25, 0.3) is 0 Å². The van der Waals surface area contributed by atoms with E-state index in [2.05, 4.69) is 15.1 Å². The highest BCUT2D eigenvalue weighted by molar-refractivity contribution is 7.71. The minimum absolute atomic E-state index is 0.707. The van der Waals surface area contributed by atoms with E-state index in [1.807, 2.05) is 40.7 Å². The summed E-state index contributed by atoms with van der Waals surface area (Å²) in [6.45, 7) is 3.59. The molecule has 0 amide bonds. The molecule has 3 rings (SSSR count). The molecular formula is C12H13N5S. The highest BCUT2D eigenvalue weighted by Crippen LogP contribution is 2.15. The van der Waals surface area contributed by atoms with E-state index in [1.165, 1.54) is 0 Å². The van der Waals surface area contributed by atoms with Gasteiger partial charge in [0.2, 0.25) is 0 Å². The zero-order valence-electron chi connectivity index (χ0n) is 10.00. The first-order valence-corrected chi connectivity index (χ1v) is 6.18. The molecule has 92 valence electrons. The van der Waals surface area contributed by atoms with E-state index >= 15 is 0 Å². The molecule has 0 saturated heterocycles. The summed E-state index contributed by atoms with van der Waals surface area (Å²) in [6.07, 6.45) is 5.53. The Kier molecular flexibility index (Phi) is 2.71. The van der Waals surface area contributed by atoms with Crippen LogP contribution >= 0.6 is 12.2 Å². The van der Waals surface area contributed by atoms with Crippen molar-refractivity contribution in [3.63, 3.8) is 0 Å². The fraction of sp³-hybridized carbons (Fsp3) is 0.250. The molecule has 0 fully saturated rings. The fourth-order valence-corrected chi connectivity index (χ4v) is 2.30. The quantitative estimate of drug-likeness (QED) is 0.734. The lowest BCUT2D eigenvalue weighted by Crippen LogP contribution is -2.08. The van der Waals surface area contributed by atoms with Crippen molar-refractivity contribution in [2.45, 2.75) is 20.0 Å². The largest absolute Gasteiger partial charge is 0.329 e. The first-order valence-electron chi connectivity index (χ1n) is 5.77. The molecule has 0 bridgehead atoms. The number of nitrogens with zero attached hydrogens (tertiary/aromatic N) is 4. The Morgan fingerprint density at radius 1 is 1.33 bits per heavy atom. The van der Waals surface area contributed by atoms with Crippen molar-refractivity contribution in [3.8, 4) is 0 Å². The first-order chi connectivity index (χ1) is 8.75. The van der Waals surface area contributed by atoms with Crippen LogP contribution in [0.1, 0.15) is 5.56 Å². The van der Waals surface area contributed by atoms with Gasteiger partial charge in [0.05, 0.1) is 12.1 Å². The van der Waals surface area contributed by atoms with Crippen molar-refractivity contribution in [3.05, 3.63) is 41.1 Å². The zero-order valence-corrected chi connectivity index (χ0v) is 10.8. The van der Waals surface area contributed by atoms with E-state index < -0.39 is 0 Å². The second kappa shape index (κ2) is 4.38. The van der Waals surface area contributed by atoms with Crippen molar-refractivity contribution in [2.75, 3.05) is 0 Å². The molecule has 0 saturated carbocycles. The van der Waals surface area contributed by atoms with Crippen LogP contribution in [0.5, 0.6) is 0 Å². The van der Waals surface area contributed by atoms with Gasteiger partial charge in [0.1, 0.15) is 0 Å². The van der Waals surface area contributed by atoms with Crippen LogP contribution in [0.3, 0.4) is 0 Å². The maximum Gasteiger partial charge on any atom is 0.179 e. The minimum atomic E-state index is 0.707. The number of nitrogens with one attached hydrogen (secondary N) is 1. The van der Waals surface area contributed by atoms with Gasteiger partial charge in [-0.1, -0.05) is 0 Å². The number of rotatable bonds is 3. The molecule has 5 nitrogen and oxygen atoms in total. The minimum Gasteiger partial charge on any atom is -0.329 e. The van der Waals surface area contributed by atoms with Gasteiger partial charge in [-0.25, -0.2) is 4.98 Å². The summed E-state index contributed by atoms with van der Waals surface area (Å²) in [7, 11) is 0. The number of hydrogen-bond donors (Lipinski definition) is 1. The van der Waals surface area contributed by atoms with E-state index in [9.17, 15) is 0 Å². The van der Waals surface area contributed by atoms with E-state index in [-0.39, 0.29) is 0 Å². The highest BCUT2D eigenvalue weighted by atomic mass is 32.1. The molecule has 0 aliphatic rings. The summed E-state index contributed by atoms with van der Waals surface area (Å²) in [6, 6.07) is 3.89. The molecule has 3 aromatic heterocycles. The maximum atomic E-state index is 5.35. The number of pyridine rings is 1. The van der Waals surface area contributed by atoms with Gasteiger partial charge in [0.15, 0.2) is 10.4 Å². The van der Waals surface area contributed by atoms with Gasteiger partial charge in [-0.3, -0.25) is 9.25 Å². The van der Waals surface area contributed by atoms with Crippen molar-refractivity contribution in [1.29, 1.82) is 0 Å². The molecule has 0 aliphatic carbocycles. The SMILES string of the molecule is Cc1ccnc2c1[nH]c(=S)n2CCn1cccn1. The van der Waals surface area contributed by atoms with E-state index in [0.717, 1.165) is 29.8 Å². The number of H-pyrrole nitrogens is 1. The van der Waals surface area contributed by atoms with Crippen LogP contribution < -0.4 is 0 Å². The predicted molar refractivity (Wildman–Crippen MR) is 71.9 cm³/mol. The Bertz CT molecular complexity index is 723. The van der Waals surface area contributed by atoms with E-state index in [4.69, 9.17) is 12.2 Å². The highest BCUT2D eigenvalue weighted by Gasteiger charge is 2.07. The molecule has 0 aliphatic heterocycles. The molecular weight excluding hydrogens is 246 g/mol. The number of aromatic nitrogens is 5. The Hall–Kier alpha value is -1.95. The van der Waals surface area contributed by atoms with Crippen molar-refractivity contribution in [1.82, 2.24) is 24.3 Å². The zero-order chi connectivity index (χ0) is 12.5. The molecule has 0 aromatic carbocycles. The fourth-order valence-electron chi connectivity index (χ4n) is 2.02. The van der Waals surface area contributed by atoms with Gasteiger partial charge in [-0.2, -0.15) is 5.10 Å². The second-order valence-corrected chi connectivity index (χ2v) is 4.56. The van der Waals surface area contributed by atoms with Crippen molar-refractivity contribution < 1.29 is 0 Å². The third-order valence-electron chi connectivity index (χ3n) is 2.98. The molecule has 0 unspecified atom stereocenters. The third kappa shape index (κ3) is 1.84. The van der Waals surface area contributed by atoms with Crippen LogP contribution in [-0.4, -0.2) is 24.3 Å². The molecule has 0 radical (unpaired) electrons. The summed E-state index contributed by atoms with van der Waals surface area (Å²) in [5, 5.41) is 4.18. The van der Waals surface area contributed by atoms with Crippen molar-refractivity contribution >= 4 is 23.4 Å². The normalized spacial score (nSPS) is 11.2. The lowest BCUT2D eigenvalue weighted by Gasteiger charge is -2.04. The van der Waals surface area contributed by atoms with Gasteiger partial charge in [0, 0.05) is 25.1 Å². The van der Waals surface area contributed by atoms with Gasteiger partial charge < -0.3 is 4.98 Å². The van der Waals surface area contributed by atoms with Crippen LogP contribution in [0.4, 0.5) is 0 Å². The maximum absolute atomic E-state index is 5.35. The Balaban J connectivity index is 1.99. The molecule has 3 aromatic rings. The Morgan fingerprint density at radius 3 is 3.00 bits per heavy atom. The Labute approximate surface area is 109 Å². The predicted octanol–water partition coefficient (Wildman–Crippen LogP) is 2.30. The lowest BCUT2D eigenvalue weighted by atomic mass is 10.3. The summed E-state index contributed by atoms with van der Waals surface area (Å²) in [4.78, 5) is 7.61. The van der Waals surface area contributed by atoms with Crippen LogP contribution in [0.15, 0.2) is 30.7 Å². The molecule has 0 atom stereocenters. The van der Waals surface area contributed by atoms with Gasteiger partial charge in [-0.15, -0.1) is 0 Å². The number of fused-ring (bicyclic) bond motifs is 1. The lowest BCUT2D eigenvalue weighted by molar-refractivity contribution is 0.536. The smallest absolute Gasteiger partial charge is 0.179 e. The van der Waals surface area contributed by atoms with Crippen LogP contribution in [0.2, 0.25) is 0 Å². The summed E-state index contributed by atoms with van der Waals surface area (Å²) >= 11 is 5.35. The Morgan fingerprint density at radius 2 is 2.22 bits per heavy atom. The van der Waals surface area contributed by atoms with Gasteiger partial charge >= 0.3 is 0 Å². The molecule has 1 N–H and O–H groups in total. The summed E-state index contributed by atoms with van der Waals surface area (Å²) < 4.78 is 4.61. The number of imidazole rings is 1. The number of aryl methyl sites for hydroxylation is 3. The summed E-state index contributed by atoms with van der Waals surface area (Å²) in [5.74, 6) is 0. The third-order valence-corrected chi connectivity index (χ3v) is 3.31. The van der Waals surface area contributed by atoms with E-state index in [1.54, 1.807) is 6.20 Å². The average molecular weight is 259 g/mol. The topological polar surface area (TPSA) is 51.4 Å². The molecule has 18 heavy (non-hydrogen) atoms. The first kappa shape index (κ1) is 11.2. The number of aromatic amines is 1. The van der Waals surface area contributed by atoms with Crippen LogP contribution in [0, 0.1) is 11.7 Å². The van der Waals surface area contributed by atoms with E-state index in [0.29, 0.717) is 4.77 Å². The molecule has 0 spiro atoms. The summed E-state index contributed by atoms with van der Waals surface area (Å²) in [5.41, 5.74) is 3.08. The van der Waals surface area contributed by atoms with Crippen LogP contribution in [0.25, 0.3) is 11.2 Å². The van der Waals surface area contributed by atoms with Gasteiger partial charge in [-0.05, 0) is 36.8 Å².